The van der Waals surface area contributed by atoms with E-state index in [2.05, 4.69) is 14.9 Å². The number of hydrogen-bond acceptors (Lipinski definition) is 5. The third-order valence-electron chi connectivity index (χ3n) is 1.54. The van der Waals surface area contributed by atoms with Crippen LogP contribution in [0, 0.1) is 0 Å². The van der Waals surface area contributed by atoms with Crippen LogP contribution < -0.4 is 4.72 Å². The Morgan fingerprint density at radius 3 is 2.93 bits per heavy atom. The number of aliphatic hydroxyl groups excluding tert-OH is 1. The third-order valence-corrected chi connectivity index (χ3v) is 2.93. The Morgan fingerprint density at radius 1 is 1.53 bits per heavy atom. The van der Waals surface area contributed by atoms with Gasteiger partial charge in [-0.15, -0.1) is 0 Å². The molecule has 15 heavy (non-hydrogen) atoms. The lowest BCUT2D eigenvalue weighted by Crippen LogP contribution is -2.28. The summed E-state index contributed by atoms with van der Waals surface area (Å²) in [4.78, 5) is 0. The second-order valence-corrected chi connectivity index (χ2v) is 4.39. The van der Waals surface area contributed by atoms with Crippen molar-refractivity contribution in [3.63, 3.8) is 0 Å². The van der Waals surface area contributed by atoms with Crippen LogP contribution in [0.1, 0.15) is 0 Å². The summed E-state index contributed by atoms with van der Waals surface area (Å²) in [5.74, 6) is 0. The van der Waals surface area contributed by atoms with E-state index in [1.54, 1.807) is 0 Å². The fourth-order valence-electron chi connectivity index (χ4n) is 0.885. The Bertz CT molecular complexity index is 362. The van der Waals surface area contributed by atoms with Gasteiger partial charge in [0, 0.05) is 6.54 Å². The highest BCUT2D eigenvalue weighted by molar-refractivity contribution is 7.89. The van der Waals surface area contributed by atoms with Crippen molar-refractivity contribution in [2.45, 2.75) is 5.03 Å². The number of ether oxygens (including phenoxy) is 1. The van der Waals surface area contributed by atoms with Gasteiger partial charge in [-0.1, -0.05) is 0 Å². The smallest absolute Gasteiger partial charge is 0.257 e. The number of nitrogens with one attached hydrogen (secondary N) is 2. The van der Waals surface area contributed by atoms with E-state index in [1.165, 1.54) is 12.3 Å². The normalized spacial score (nSPS) is 11.8. The van der Waals surface area contributed by atoms with Crippen LogP contribution in [0.25, 0.3) is 0 Å². The maximum Gasteiger partial charge on any atom is 0.257 e. The summed E-state index contributed by atoms with van der Waals surface area (Å²) in [7, 11) is -3.51. The molecule has 1 aromatic rings. The van der Waals surface area contributed by atoms with Crippen LogP contribution in [-0.2, 0) is 14.8 Å². The SMILES string of the molecule is O=S(=O)(NCCOCCO)c1ccn[nH]1. The minimum absolute atomic E-state index is 0.0182. The fourth-order valence-corrected chi connectivity index (χ4v) is 1.81. The van der Waals surface area contributed by atoms with E-state index in [4.69, 9.17) is 9.84 Å². The Morgan fingerprint density at radius 2 is 2.33 bits per heavy atom. The first-order valence-electron chi connectivity index (χ1n) is 4.34. The zero-order chi connectivity index (χ0) is 11.1. The lowest BCUT2D eigenvalue weighted by Gasteiger charge is -2.04. The van der Waals surface area contributed by atoms with Crippen molar-refractivity contribution in [1.29, 1.82) is 0 Å². The Kier molecular flexibility index (Phi) is 4.69. The molecule has 1 rings (SSSR count). The molecule has 0 aromatic carbocycles. The molecule has 3 N–H and O–H groups in total. The van der Waals surface area contributed by atoms with Crippen LogP contribution in [0.3, 0.4) is 0 Å². The van der Waals surface area contributed by atoms with Crippen LogP contribution in [0.2, 0.25) is 0 Å². The summed E-state index contributed by atoms with van der Waals surface area (Å²) in [6.07, 6.45) is 1.36. The van der Waals surface area contributed by atoms with Crippen LogP contribution >= 0.6 is 0 Å². The summed E-state index contributed by atoms with van der Waals surface area (Å²) in [5, 5.41) is 14.3. The van der Waals surface area contributed by atoms with Crippen LogP contribution in [-0.4, -0.2) is 50.1 Å². The van der Waals surface area contributed by atoms with Crippen LogP contribution in [0.5, 0.6) is 0 Å². The summed E-state index contributed by atoms with van der Waals surface area (Å²) >= 11 is 0. The molecule has 0 fully saturated rings. The Hall–Kier alpha value is -0.960. The molecule has 0 atom stereocenters. The van der Waals surface area contributed by atoms with Gasteiger partial charge >= 0.3 is 0 Å². The van der Waals surface area contributed by atoms with Gasteiger partial charge in [0.25, 0.3) is 10.0 Å². The quantitative estimate of drug-likeness (QED) is 0.509. The minimum atomic E-state index is -3.51. The standard InChI is InChI=1S/C7H13N3O4S/c11-4-6-14-5-3-9-15(12,13)7-1-2-8-10-7/h1-2,9,11H,3-6H2,(H,8,10). The van der Waals surface area contributed by atoms with E-state index in [9.17, 15) is 8.42 Å². The van der Waals surface area contributed by atoms with Crippen molar-refractivity contribution in [3.8, 4) is 0 Å². The van der Waals surface area contributed by atoms with Crippen molar-refractivity contribution in [1.82, 2.24) is 14.9 Å². The van der Waals surface area contributed by atoms with Crippen molar-refractivity contribution in [2.24, 2.45) is 0 Å². The average molecular weight is 235 g/mol. The number of H-pyrrole nitrogens is 1. The molecule has 0 aliphatic carbocycles. The van der Waals surface area contributed by atoms with Gasteiger partial charge < -0.3 is 9.84 Å². The first kappa shape index (κ1) is 12.1. The molecule has 86 valence electrons. The highest BCUT2D eigenvalue weighted by Gasteiger charge is 2.13. The predicted octanol–water partition coefficient (Wildman–Crippen LogP) is -1.30. The molecule has 1 aromatic heterocycles. The maximum absolute atomic E-state index is 11.4. The topological polar surface area (TPSA) is 104 Å². The number of hydrogen-bond donors (Lipinski definition) is 3. The van der Waals surface area contributed by atoms with Crippen molar-refractivity contribution in [2.75, 3.05) is 26.4 Å². The first-order chi connectivity index (χ1) is 7.17. The van der Waals surface area contributed by atoms with Gasteiger partial charge in [0.1, 0.15) is 0 Å². The van der Waals surface area contributed by atoms with Gasteiger partial charge in [0.2, 0.25) is 0 Å². The molecule has 0 amide bonds. The summed E-state index contributed by atoms with van der Waals surface area (Å²) in [5.41, 5.74) is 0. The number of nitrogens with zero attached hydrogens (tertiary/aromatic N) is 1. The molecule has 7 nitrogen and oxygen atoms in total. The molecule has 0 saturated heterocycles. The van der Waals surface area contributed by atoms with Gasteiger partial charge in [-0.2, -0.15) is 5.10 Å². The molecule has 0 unspecified atom stereocenters. The molecule has 0 bridgehead atoms. The highest BCUT2D eigenvalue weighted by Crippen LogP contribution is 2.00. The summed E-state index contributed by atoms with van der Waals surface area (Å²) < 4.78 is 30.1. The Balaban J connectivity index is 2.32. The number of aromatic amines is 1. The zero-order valence-electron chi connectivity index (χ0n) is 8.01. The van der Waals surface area contributed by atoms with E-state index in [0.717, 1.165) is 0 Å². The number of aliphatic hydroxyl groups is 1. The van der Waals surface area contributed by atoms with E-state index < -0.39 is 10.0 Å². The second-order valence-electron chi connectivity index (χ2n) is 2.65. The lowest BCUT2D eigenvalue weighted by atomic mass is 10.7. The molecule has 0 spiro atoms. The Labute approximate surface area is 87.5 Å². The van der Waals surface area contributed by atoms with Gasteiger partial charge in [-0.25, -0.2) is 13.1 Å². The molecular formula is C7H13N3O4S. The monoisotopic (exact) mass is 235 g/mol. The number of sulfonamides is 1. The third kappa shape index (κ3) is 3.96. The van der Waals surface area contributed by atoms with E-state index >= 15 is 0 Å². The van der Waals surface area contributed by atoms with E-state index in [0.29, 0.717) is 0 Å². The number of aromatic nitrogens is 2. The van der Waals surface area contributed by atoms with Gasteiger partial charge in [0.15, 0.2) is 5.03 Å². The molecule has 0 aliphatic rings. The number of rotatable bonds is 7. The van der Waals surface area contributed by atoms with Gasteiger partial charge in [-0.3, -0.25) is 5.10 Å². The van der Waals surface area contributed by atoms with Crippen LogP contribution in [0.15, 0.2) is 17.3 Å². The first-order valence-corrected chi connectivity index (χ1v) is 5.83. The molecule has 1 heterocycles. The maximum atomic E-state index is 11.4. The van der Waals surface area contributed by atoms with E-state index in [1.807, 2.05) is 0 Å². The minimum Gasteiger partial charge on any atom is -0.394 e. The molecule has 0 saturated carbocycles. The lowest BCUT2D eigenvalue weighted by molar-refractivity contribution is 0.0961. The fraction of sp³-hybridized carbons (Fsp3) is 0.571. The molecular weight excluding hydrogens is 222 g/mol. The second kappa shape index (κ2) is 5.81. The largest absolute Gasteiger partial charge is 0.394 e. The predicted molar refractivity (Wildman–Crippen MR) is 51.7 cm³/mol. The van der Waals surface area contributed by atoms with Crippen molar-refractivity contribution >= 4 is 10.0 Å². The summed E-state index contributed by atoms with van der Waals surface area (Å²) in [6, 6.07) is 1.36. The van der Waals surface area contributed by atoms with Gasteiger partial charge in [0.05, 0.1) is 26.0 Å². The zero-order valence-corrected chi connectivity index (χ0v) is 8.83. The van der Waals surface area contributed by atoms with E-state index in [-0.39, 0.29) is 31.4 Å². The molecule has 8 heteroatoms. The molecule has 0 aliphatic heterocycles. The van der Waals surface area contributed by atoms with Crippen molar-refractivity contribution < 1.29 is 18.3 Å². The van der Waals surface area contributed by atoms with Gasteiger partial charge in [-0.05, 0) is 6.07 Å². The van der Waals surface area contributed by atoms with Crippen molar-refractivity contribution in [3.05, 3.63) is 12.3 Å². The molecule has 0 radical (unpaired) electrons. The highest BCUT2D eigenvalue weighted by atomic mass is 32.2. The average Bonchev–Trinajstić information content (AvgIpc) is 2.70. The van der Waals surface area contributed by atoms with Crippen LogP contribution in [0.4, 0.5) is 0 Å². The summed E-state index contributed by atoms with van der Waals surface area (Å²) in [6.45, 7) is 0.494.